The molecule has 7 aromatic heterocycles. The van der Waals surface area contributed by atoms with Crippen molar-refractivity contribution in [2.45, 2.75) is 20.8 Å². The lowest BCUT2D eigenvalue weighted by atomic mass is 10.2. The smallest absolute Gasteiger partial charge is 0.200 e. The van der Waals surface area contributed by atoms with Crippen LogP contribution in [0.3, 0.4) is 0 Å². The Bertz CT molecular complexity index is 2720. The summed E-state index contributed by atoms with van der Waals surface area (Å²) in [5.74, 6) is 2.46. The first kappa shape index (κ1) is 31.3. The predicted octanol–water partition coefficient (Wildman–Crippen LogP) is 8.00. The Balaban J connectivity index is 1.33. The number of hydrogen-bond acceptors (Lipinski definition) is 9. The maximum Gasteiger partial charge on any atom is 0.200 e. The van der Waals surface area contributed by atoms with Crippen molar-refractivity contribution in [1.29, 1.82) is 0 Å². The highest BCUT2D eigenvalue weighted by atomic mass is 15.2. The van der Waals surface area contributed by atoms with Gasteiger partial charge in [-0.2, -0.15) is 0 Å². The lowest BCUT2D eigenvalue weighted by Gasteiger charge is -2.14. The number of hydrogen-bond donors (Lipinski definition) is 0. The summed E-state index contributed by atoms with van der Waals surface area (Å²) in [6.45, 7) is 6.19. The van der Waals surface area contributed by atoms with E-state index in [4.69, 9.17) is 44.9 Å². The number of rotatable bonds is 6. The first-order chi connectivity index (χ1) is 26.5. The Hall–Kier alpha value is -7.47. The van der Waals surface area contributed by atoms with E-state index in [0.29, 0.717) is 68.4 Å². The summed E-state index contributed by atoms with van der Waals surface area (Å²) >= 11 is 0. The van der Waals surface area contributed by atoms with Crippen molar-refractivity contribution >= 4 is 33.5 Å². The van der Waals surface area contributed by atoms with Crippen LogP contribution in [0.5, 0.6) is 0 Å². The molecule has 10 rings (SSSR count). The van der Waals surface area contributed by atoms with Crippen molar-refractivity contribution in [3.8, 4) is 52.0 Å². The largest absolute Gasteiger partial charge is 0.274 e. The molecule has 54 heavy (non-hydrogen) atoms. The van der Waals surface area contributed by atoms with Crippen molar-refractivity contribution < 1.29 is 0 Å². The van der Waals surface area contributed by atoms with Gasteiger partial charge in [-0.3, -0.25) is 13.7 Å². The molecule has 0 atom stereocenters. The standard InChI is InChI=1S/C42H30N12/c1-25-13-4-7-19-31(25)52-37-28(16-10-22-43-37)46-40(52)34-49-35(41-47-29-17-11-23-44-38(29)53(41)32-20-8-5-14-26(32)2)51-36(50-34)42-48-30-18-12-24-45-39(30)54(42)33-21-9-6-15-27(33)3/h4-24H,1-3H3. The molecule has 0 radical (unpaired) electrons. The number of benzene rings is 3. The molecular weight excluding hydrogens is 673 g/mol. The molecule has 0 bridgehead atoms. The zero-order chi connectivity index (χ0) is 36.3. The van der Waals surface area contributed by atoms with E-state index >= 15 is 0 Å². The quantitative estimate of drug-likeness (QED) is 0.169. The van der Waals surface area contributed by atoms with E-state index in [9.17, 15) is 0 Å². The Morgan fingerprint density at radius 2 is 0.630 bits per heavy atom. The summed E-state index contributed by atoms with van der Waals surface area (Å²) in [5, 5.41) is 0. The van der Waals surface area contributed by atoms with E-state index in [1.807, 2.05) is 105 Å². The van der Waals surface area contributed by atoms with E-state index in [2.05, 4.69) is 39.0 Å². The van der Waals surface area contributed by atoms with Crippen molar-refractivity contribution in [2.75, 3.05) is 0 Å². The minimum absolute atomic E-state index is 0.323. The van der Waals surface area contributed by atoms with Gasteiger partial charge in [-0.25, -0.2) is 44.9 Å². The van der Waals surface area contributed by atoms with Crippen LogP contribution in [0.4, 0.5) is 0 Å². The predicted molar refractivity (Wildman–Crippen MR) is 208 cm³/mol. The van der Waals surface area contributed by atoms with Crippen LogP contribution in [0.2, 0.25) is 0 Å². The Kier molecular flexibility index (Phi) is 7.15. The summed E-state index contributed by atoms with van der Waals surface area (Å²) in [6.07, 6.45) is 5.30. The van der Waals surface area contributed by atoms with Crippen LogP contribution in [-0.4, -0.2) is 58.6 Å². The highest BCUT2D eigenvalue weighted by Gasteiger charge is 2.27. The lowest BCUT2D eigenvalue weighted by molar-refractivity contribution is 0.949. The molecule has 12 heteroatoms. The van der Waals surface area contributed by atoms with Gasteiger partial charge in [0.15, 0.2) is 34.4 Å². The second-order valence-corrected chi connectivity index (χ2v) is 13.0. The van der Waals surface area contributed by atoms with Gasteiger partial charge in [0.2, 0.25) is 17.5 Å². The molecule has 12 nitrogen and oxygen atoms in total. The van der Waals surface area contributed by atoms with Gasteiger partial charge in [0.1, 0.15) is 16.6 Å². The molecule has 0 aliphatic rings. The Morgan fingerprint density at radius 1 is 0.333 bits per heavy atom. The third-order valence-electron chi connectivity index (χ3n) is 9.55. The number of imidazole rings is 3. The Labute approximate surface area is 308 Å². The third-order valence-corrected chi connectivity index (χ3v) is 9.55. The second-order valence-electron chi connectivity index (χ2n) is 13.0. The van der Waals surface area contributed by atoms with Gasteiger partial charge < -0.3 is 0 Å². The minimum atomic E-state index is 0.323. The first-order valence-electron chi connectivity index (χ1n) is 17.5. The monoisotopic (exact) mass is 702 g/mol. The average Bonchev–Trinajstić information content (AvgIpc) is 3.91. The van der Waals surface area contributed by atoms with Crippen LogP contribution in [0.25, 0.3) is 85.5 Å². The Morgan fingerprint density at radius 3 is 0.926 bits per heavy atom. The third kappa shape index (κ3) is 4.95. The van der Waals surface area contributed by atoms with E-state index in [0.717, 1.165) is 33.8 Å². The fourth-order valence-electron chi connectivity index (χ4n) is 6.99. The van der Waals surface area contributed by atoms with Gasteiger partial charge >= 0.3 is 0 Å². The van der Waals surface area contributed by atoms with Crippen molar-refractivity contribution in [1.82, 2.24) is 58.6 Å². The summed E-state index contributed by atoms with van der Waals surface area (Å²) in [7, 11) is 0. The topological polar surface area (TPSA) is 131 Å². The average molecular weight is 703 g/mol. The fourth-order valence-corrected chi connectivity index (χ4v) is 6.99. The van der Waals surface area contributed by atoms with Crippen LogP contribution in [0.15, 0.2) is 128 Å². The van der Waals surface area contributed by atoms with Gasteiger partial charge in [0, 0.05) is 18.6 Å². The summed E-state index contributed by atoms with van der Waals surface area (Å²) in [6, 6.07) is 35.8. The van der Waals surface area contributed by atoms with E-state index < -0.39 is 0 Å². The van der Waals surface area contributed by atoms with Gasteiger partial charge in [-0.05, 0) is 92.1 Å². The molecule has 0 amide bonds. The molecule has 0 fully saturated rings. The molecule has 0 saturated heterocycles. The van der Waals surface area contributed by atoms with E-state index in [1.165, 1.54) is 0 Å². The summed E-state index contributed by atoms with van der Waals surface area (Å²) in [5.41, 5.74) is 9.98. The number of aromatic nitrogens is 12. The summed E-state index contributed by atoms with van der Waals surface area (Å²) < 4.78 is 6.02. The highest BCUT2D eigenvalue weighted by Crippen LogP contribution is 2.34. The zero-order valence-corrected chi connectivity index (χ0v) is 29.5. The van der Waals surface area contributed by atoms with E-state index in [1.54, 1.807) is 18.6 Å². The fraction of sp³-hybridized carbons (Fsp3) is 0.0714. The maximum atomic E-state index is 5.20. The normalized spacial score (nSPS) is 11.6. The van der Waals surface area contributed by atoms with Crippen molar-refractivity contribution in [2.24, 2.45) is 0 Å². The number of aryl methyl sites for hydroxylation is 3. The van der Waals surface area contributed by atoms with Crippen molar-refractivity contribution in [3.63, 3.8) is 0 Å². The van der Waals surface area contributed by atoms with Crippen molar-refractivity contribution in [3.05, 3.63) is 144 Å². The van der Waals surface area contributed by atoms with Crippen LogP contribution in [-0.2, 0) is 0 Å². The molecule has 0 spiro atoms. The molecule has 0 N–H and O–H groups in total. The van der Waals surface area contributed by atoms with Gasteiger partial charge in [0.05, 0.1) is 17.1 Å². The summed E-state index contributed by atoms with van der Waals surface area (Å²) in [4.78, 5) is 45.2. The maximum absolute atomic E-state index is 5.20. The second kappa shape index (κ2) is 12.3. The minimum Gasteiger partial charge on any atom is -0.274 e. The van der Waals surface area contributed by atoms with Gasteiger partial charge in [-0.1, -0.05) is 54.6 Å². The van der Waals surface area contributed by atoms with Crippen LogP contribution in [0, 0.1) is 20.8 Å². The SMILES string of the molecule is Cc1ccccc1-n1c(-c2nc(-c3nc4cccnc4n3-c3ccccc3C)nc(-c3nc4cccnc4n3-c3ccccc3C)n2)nc2cccnc21. The molecule has 0 aliphatic carbocycles. The van der Waals surface area contributed by atoms with Gasteiger partial charge in [-0.15, -0.1) is 0 Å². The van der Waals surface area contributed by atoms with Gasteiger partial charge in [0.25, 0.3) is 0 Å². The van der Waals surface area contributed by atoms with Crippen LogP contribution < -0.4 is 0 Å². The molecule has 7 heterocycles. The zero-order valence-electron chi connectivity index (χ0n) is 29.5. The van der Waals surface area contributed by atoms with Crippen LogP contribution >= 0.6 is 0 Å². The number of para-hydroxylation sites is 3. The highest BCUT2D eigenvalue weighted by molar-refractivity contribution is 5.83. The number of pyridine rings is 3. The first-order valence-corrected chi connectivity index (χ1v) is 17.5. The van der Waals surface area contributed by atoms with E-state index in [-0.39, 0.29) is 0 Å². The number of fused-ring (bicyclic) bond motifs is 3. The molecule has 0 saturated carbocycles. The molecule has 258 valence electrons. The van der Waals surface area contributed by atoms with Crippen LogP contribution in [0.1, 0.15) is 16.7 Å². The molecule has 10 aromatic rings. The number of nitrogens with zero attached hydrogens (tertiary/aromatic N) is 12. The molecule has 0 aliphatic heterocycles. The molecule has 3 aromatic carbocycles. The molecular formula is C42H30N12. The molecule has 0 unspecified atom stereocenters. The lowest BCUT2D eigenvalue weighted by Crippen LogP contribution is -2.10.